The molecule has 1 aromatic heterocycles. The molecule has 2 bridgehead atoms. The summed E-state index contributed by atoms with van der Waals surface area (Å²) in [6.45, 7) is 2.02. The average molecular weight is 475 g/mol. The quantitative estimate of drug-likeness (QED) is 0.625. The Labute approximate surface area is 193 Å². The van der Waals surface area contributed by atoms with Crippen LogP contribution in [0.3, 0.4) is 0 Å². The highest BCUT2D eigenvalue weighted by Gasteiger charge is 2.55. The second-order valence-corrected chi connectivity index (χ2v) is 9.10. The molecule has 2 saturated heterocycles. The van der Waals surface area contributed by atoms with Crippen LogP contribution in [0.4, 0.5) is 13.2 Å². The lowest BCUT2D eigenvalue weighted by Gasteiger charge is -2.33. The number of nitrogens with one attached hydrogen (secondary N) is 1. The normalized spacial score (nSPS) is 22.2. The third-order valence-electron chi connectivity index (χ3n) is 7.02. The lowest BCUT2D eigenvalue weighted by Crippen LogP contribution is -2.47. The minimum atomic E-state index is -1.14. The van der Waals surface area contributed by atoms with Crippen LogP contribution in [0.15, 0.2) is 23.1 Å². The molecule has 4 aliphatic rings. The first-order valence-electron chi connectivity index (χ1n) is 11.4. The minimum absolute atomic E-state index is 0.00862. The van der Waals surface area contributed by atoms with Gasteiger partial charge in [0.25, 0.3) is 11.8 Å². The Balaban J connectivity index is 1.48. The van der Waals surface area contributed by atoms with Crippen molar-refractivity contribution in [2.75, 3.05) is 6.61 Å². The van der Waals surface area contributed by atoms with Gasteiger partial charge in [0.15, 0.2) is 11.4 Å². The van der Waals surface area contributed by atoms with Gasteiger partial charge in [0.05, 0.1) is 12.6 Å². The molecule has 10 heteroatoms. The summed E-state index contributed by atoms with van der Waals surface area (Å²) in [6.07, 6.45) is 4.66. The largest absolute Gasteiger partial charge is 0.487 e. The molecule has 6 rings (SSSR count). The van der Waals surface area contributed by atoms with E-state index in [2.05, 4.69) is 5.32 Å². The van der Waals surface area contributed by atoms with Gasteiger partial charge >= 0.3 is 0 Å². The molecule has 0 spiro atoms. The molecule has 0 unspecified atom stereocenters. The van der Waals surface area contributed by atoms with E-state index in [1.165, 1.54) is 6.20 Å². The van der Waals surface area contributed by atoms with Gasteiger partial charge in [-0.05, 0) is 25.2 Å². The number of rotatable bonds is 7. The van der Waals surface area contributed by atoms with Crippen LogP contribution in [0, 0.1) is 23.4 Å². The van der Waals surface area contributed by atoms with Gasteiger partial charge in [0.1, 0.15) is 23.0 Å². The van der Waals surface area contributed by atoms with Crippen LogP contribution in [0.5, 0.6) is 5.75 Å². The summed E-state index contributed by atoms with van der Waals surface area (Å²) in [5.41, 5.74) is -1.43. The molecule has 1 aliphatic carbocycles. The highest BCUT2D eigenvalue weighted by atomic mass is 19.1. The maximum Gasteiger partial charge on any atom is 0.275 e. The molecule has 3 aliphatic heterocycles. The molecule has 2 aromatic rings. The number of amides is 2. The predicted molar refractivity (Wildman–Crippen MR) is 115 cm³/mol. The summed E-state index contributed by atoms with van der Waals surface area (Å²) < 4.78 is 48.4. The monoisotopic (exact) mass is 475 g/mol. The Morgan fingerprint density at radius 3 is 2.56 bits per heavy atom. The number of carbonyl (C=O) groups excluding carboxylic acids is 2. The summed E-state index contributed by atoms with van der Waals surface area (Å²) in [4.78, 5) is 41.3. The van der Waals surface area contributed by atoms with Gasteiger partial charge in [-0.25, -0.2) is 13.2 Å². The number of benzene rings is 1. The Morgan fingerprint density at radius 1 is 1.18 bits per heavy atom. The standard InChI is InChI=1S/C24H24F3N3O4/c1-2-3-4-34-22-20-24(33)30-14-5-12(6-14)19(30)11-29(20)10-16(21(22)31)23(32)28-9-15-17(26)7-13(25)8-18(15)27/h7-8,10,12,14,19H,2-6,9,11H2,1H3,(H,28,32)/t12?,14?,19-/m1/s1. The molecule has 7 nitrogen and oxygen atoms in total. The zero-order chi connectivity index (χ0) is 24.1. The van der Waals surface area contributed by atoms with E-state index in [1.54, 1.807) is 4.57 Å². The highest BCUT2D eigenvalue weighted by molar-refractivity contribution is 5.99. The number of hydrogen-bond acceptors (Lipinski definition) is 4. The minimum Gasteiger partial charge on any atom is -0.487 e. The molecule has 1 saturated carbocycles. The van der Waals surface area contributed by atoms with Crippen molar-refractivity contribution in [2.24, 2.45) is 5.92 Å². The maximum absolute atomic E-state index is 14.0. The van der Waals surface area contributed by atoms with Gasteiger partial charge in [0, 0.05) is 43.0 Å². The number of nitrogens with zero attached hydrogens (tertiary/aromatic N) is 2. The van der Waals surface area contributed by atoms with Crippen LogP contribution < -0.4 is 15.5 Å². The summed E-state index contributed by atoms with van der Waals surface area (Å²) in [6, 6.07) is 1.22. The molecule has 2 amide bonds. The lowest BCUT2D eigenvalue weighted by atomic mass is 9.83. The number of pyridine rings is 1. The number of unbranched alkanes of at least 4 members (excludes halogenated alkanes) is 1. The van der Waals surface area contributed by atoms with Crippen molar-refractivity contribution in [1.29, 1.82) is 0 Å². The number of fused-ring (bicyclic) bond motifs is 1. The van der Waals surface area contributed by atoms with Gasteiger partial charge in [-0.2, -0.15) is 0 Å². The van der Waals surface area contributed by atoms with Crippen molar-refractivity contribution in [2.45, 2.75) is 57.8 Å². The van der Waals surface area contributed by atoms with Crippen LogP contribution >= 0.6 is 0 Å². The summed E-state index contributed by atoms with van der Waals surface area (Å²) >= 11 is 0. The van der Waals surface area contributed by atoms with E-state index in [1.807, 2.05) is 11.8 Å². The Morgan fingerprint density at radius 2 is 1.88 bits per heavy atom. The third-order valence-corrected chi connectivity index (χ3v) is 7.02. The topological polar surface area (TPSA) is 80.6 Å². The maximum atomic E-state index is 14.0. The molecule has 4 heterocycles. The lowest BCUT2D eigenvalue weighted by molar-refractivity contribution is 0.0630. The first kappa shape index (κ1) is 22.5. The highest BCUT2D eigenvalue weighted by Crippen LogP contribution is 2.49. The molecule has 1 atom stereocenters. The summed E-state index contributed by atoms with van der Waals surface area (Å²) in [5.74, 6) is -4.28. The smallest absolute Gasteiger partial charge is 0.275 e. The first-order chi connectivity index (χ1) is 16.3. The van der Waals surface area contributed by atoms with Gasteiger partial charge < -0.3 is 19.5 Å². The van der Waals surface area contributed by atoms with Crippen molar-refractivity contribution in [1.82, 2.24) is 14.8 Å². The van der Waals surface area contributed by atoms with Crippen molar-refractivity contribution in [3.05, 3.63) is 62.8 Å². The SMILES string of the molecule is CCCCOc1c2n(cc(C(=O)NCc3c(F)cc(F)cc3F)c1=O)C[C@@H]1C3CC(C3)N1C2=O. The van der Waals surface area contributed by atoms with Crippen molar-refractivity contribution in [3.8, 4) is 5.75 Å². The van der Waals surface area contributed by atoms with Crippen molar-refractivity contribution < 1.29 is 27.5 Å². The number of ether oxygens (including phenoxy) is 1. The van der Waals surface area contributed by atoms with Crippen LogP contribution in [-0.2, 0) is 13.1 Å². The second kappa shape index (κ2) is 8.48. The van der Waals surface area contributed by atoms with Crippen LogP contribution in [0.2, 0.25) is 0 Å². The molecule has 0 radical (unpaired) electrons. The number of hydrogen-bond donors (Lipinski definition) is 1. The van der Waals surface area contributed by atoms with E-state index < -0.39 is 40.9 Å². The van der Waals surface area contributed by atoms with E-state index in [0.29, 0.717) is 31.0 Å². The zero-order valence-electron chi connectivity index (χ0n) is 18.6. The van der Waals surface area contributed by atoms with Crippen LogP contribution in [0.25, 0.3) is 0 Å². The van der Waals surface area contributed by atoms with E-state index in [0.717, 1.165) is 19.3 Å². The molecular formula is C24H24F3N3O4. The van der Waals surface area contributed by atoms with Crippen molar-refractivity contribution in [3.63, 3.8) is 0 Å². The third kappa shape index (κ3) is 3.56. The Bertz CT molecular complexity index is 1220. The second-order valence-electron chi connectivity index (χ2n) is 9.10. The fraction of sp³-hybridized carbons (Fsp3) is 0.458. The summed E-state index contributed by atoms with van der Waals surface area (Å²) in [7, 11) is 0. The van der Waals surface area contributed by atoms with Gasteiger partial charge in [-0.3, -0.25) is 14.4 Å². The molecule has 1 N–H and O–H groups in total. The number of carbonyl (C=O) groups is 2. The number of aromatic nitrogens is 1. The van der Waals surface area contributed by atoms with Gasteiger partial charge in [-0.15, -0.1) is 0 Å². The first-order valence-corrected chi connectivity index (χ1v) is 11.4. The molecule has 3 fully saturated rings. The summed E-state index contributed by atoms with van der Waals surface area (Å²) in [5, 5.41) is 2.33. The van der Waals surface area contributed by atoms with E-state index in [-0.39, 0.29) is 41.6 Å². The van der Waals surface area contributed by atoms with E-state index in [4.69, 9.17) is 4.74 Å². The van der Waals surface area contributed by atoms with E-state index in [9.17, 15) is 27.6 Å². The fourth-order valence-electron chi connectivity index (χ4n) is 5.17. The molecule has 1 aromatic carbocycles. The van der Waals surface area contributed by atoms with Crippen LogP contribution in [0.1, 0.15) is 59.0 Å². The Kier molecular flexibility index (Phi) is 5.61. The Hall–Kier alpha value is -3.30. The average Bonchev–Trinajstić information content (AvgIpc) is 3.29. The predicted octanol–water partition coefficient (Wildman–Crippen LogP) is 2.99. The molecule has 34 heavy (non-hydrogen) atoms. The van der Waals surface area contributed by atoms with Gasteiger partial charge in [0.2, 0.25) is 5.43 Å². The number of halogens is 3. The zero-order valence-corrected chi connectivity index (χ0v) is 18.6. The van der Waals surface area contributed by atoms with E-state index >= 15 is 0 Å². The van der Waals surface area contributed by atoms with Crippen LogP contribution in [-0.4, -0.2) is 40.0 Å². The molecular weight excluding hydrogens is 451 g/mol. The van der Waals surface area contributed by atoms with Gasteiger partial charge in [-0.1, -0.05) is 13.3 Å². The van der Waals surface area contributed by atoms with Crippen molar-refractivity contribution >= 4 is 11.8 Å². The fourth-order valence-corrected chi connectivity index (χ4v) is 5.17. The molecule has 180 valence electrons.